The van der Waals surface area contributed by atoms with Crippen LogP contribution in [0.5, 0.6) is 0 Å². The molecule has 2 N–H and O–H groups in total. The fourth-order valence-electron chi connectivity index (χ4n) is 3.04. The zero-order valence-electron chi connectivity index (χ0n) is 15.2. The van der Waals surface area contributed by atoms with Gasteiger partial charge in [0.15, 0.2) is 0 Å². The number of rotatable bonds is 5. The molecule has 4 aromatic rings. The van der Waals surface area contributed by atoms with Crippen molar-refractivity contribution in [1.29, 1.82) is 0 Å². The van der Waals surface area contributed by atoms with Gasteiger partial charge in [0.25, 0.3) is 0 Å². The lowest BCUT2D eigenvalue weighted by Crippen LogP contribution is -2.08. The first kappa shape index (κ1) is 18.7. The van der Waals surface area contributed by atoms with E-state index in [1.165, 1.54) is 12.1 Å². The molecule has 0 unspecified atom stereocenters. The lowest BCUT2D eigenvalue weighted by atomic mass is 10.0. The summed E-state index contributed by atoms with van der Waals surface area (Å²) in [6.45, 7) is 0.390. The zero-order chi connectivity index (χ0) is 20.3. The number of aromatic nitrogens is 3. The molecule has 29 heavy (non-hydrogen) atoms. The van der Waals surface area contributed by atoms with Crippen LogP contribution in [-0.2, 0) is 12.7 Å². The van der Waals surface area contributed by atoms with Gasteiger partial charge in [-0.05, 0) is 29.8 Å². The van der Waals surface area contributed by atoms with E-state index >= 15 is 0 Å². The maximum Gasteiger partial charge on any atom is 0.417 e. The average molecular weight is 394 g/mol. The third kappa shape index (κ3) is 4.29. The summed E-state index contributed by atoms with van der Waals surface area (Å²) >= 11 is 0. The van der Waals surface area contributed by atoms with Gasteiger partial charge in [0, 0.05) is 5.56 Å². The van der Waals surface area contributed by atoms with Crippen LogP contribution in [0.1, 0.15) is 11.3 Å². The predicted octanol–water partition coefficient (Wildman–Crippen LogP) is 5.77. The molecular weight excluding hydrogens is 377 g/mol. The Balaban J connectivity index is 1.52. The van der Waals surface area contributed by atoms with Gasteiger partial charge in [-0.25, -0.2) is 4.98 Å². The van der Waals surface area contributed by atoms with Crippen LogP contribution in [0, 0.1) is 0 Å². The van der Waals surface area contributed by atoms with Crippen molar-refractivity contribution >= 4 is 5.82 Å². The van der Waals surface area contributed by atoms with Gasteiger partial charge >= 0.3 is 6.18 Å². The smallest absolute Gasteiger partial charge is 0.364 e. The van der Waals surface area contributed by atoms with Crippen molar-refractivity contribution in [3.05, 3.63) is 90.1 Å². The van der Waals surface area contributed by atoms with Crippen molar-refractivity contribution in [2.45, 2.75) is 12.7 Å². The van der Waals surface area contributed by atoms with Gasteiger partial charge in [-0.1, -0.05) is 54.6 Å². The number of alkyl halides is 3. The molecule has 2 aromatic carbocycles. The second-order valence-electron chi connectivity index (χ2n) is 6.44. The third-order valence-corrected chi connectivity index (χ3v) is 4.42. The molecule has 2 aromatic heterocycles. The van der Waals surface area contributed by atoms with Gasteiger partial charge < -0.3 is 5.32 Å². The normalized spacial score (nSPS) is 11.4. The molecule has 0 radical (unpaired) electrons. The Bertz CT molecular complexity index is 1100. The molecule has 0 aliphatic heterocycles. The summed E-state index contributed by atoms with van der Waals surface area (Å²) in [6, 6.07) is 22.1. The van der Waals surface area contributed by atoms with E-state index in [1.54, 1.807) is 24.3 Å². The van der Waals surface area contributed by atoms with Crippen LogP contribution in [0.15, 0.2) is 78.9 Å². The Morgan fingerprint density at radius 2 is 1.62 bits per heavy atom. The molecule has 0 bridgehead atoms. The summed E-state index contributed by atoms with van der Waals surface area (Å²) in [5.74, 6) is 0.476. The van der Waals surface area contributed by atoms with Crippen molar-refractivity contribution in [2.75, 3.05) is 5.32 Å². The summed E-state index contributed by atoms with van der Waals surface area (Å²) < 4.78 is 39.9. The number of aromatic amines is 1. The number of pyridine rings is 1. The molecule has 2 heterocycles. The summed E-state index contributed by atoms with van der Waals surface area (Å²) in [4.78, 5) is 4.35. The average Bonchev–Trinajstić information content (AvgIpc) is 3.22. The van der Waals surface area contributed by atoms with Crippen LogP contribution in [-0.4, -0.2) is 15.2 Å². The lowest BCUT2D eigenvalue weighted by Gasteiger charge is -2.13. The summed E-state index contributed by atoms with van der Waals surface area (Å²) in [5, 5.41) is 10.4. The van der Waals surface area contributed by atoms with Crippen LogP contribution in [0.4, 0.5) is 19.0 Å². The largest absolute Gasteiger partial charge is 0.417 e. The minimum Gasteiger partial charge on any atom is -0.364 e. The quantitative estimate of drug-likeness (QED) is 0.452. The van der Waals surface area contributed by atoms with Gasteiger partial charge in [0.05, 0.1) is 29.2 Å². The number of nitrogens with zero attached hydrogens (tertiary/aromatic N) is 2. The van der Waals surface area contributed by atoms with E-state index in [1.807, 2.05) is 36.4 Å². The Morgan fingerprint density at radius 3 is 2.41 bits per heavy atom. The van der Waals surface area contributed by atoms with Gasteiger partial charge in [-0.15, -0.1) is 0 Å². The highest BCUT2D eigenvalue weighted by Gasteiger charge is 2.33. The maximum atomic E-state index is 13.3. The molecule has 0 aliphatic rings. The SMILES string of the molecule is FC(F)(F)c1ccccc1-c1cccc(NCc2cc(-c3ccccc3)[nH]n2)n1. The van der Waals surface area contributed by atoms with Crippen molar-refractivity contribution < 1.29 is 13.2 Å². The van der Waals surface area contributed by atoms with E-state index in [2.05, 4.69) is 20.5 Å². The van der Waals surface area contributed by atoms with Crippen molar-refractivity contribution in [3.63, 3.8) is 0 Å². The Labute approximate surface area is 165 Å². The van der Waals surface area contributed by atoms with Crippen molar-refractivity contribution in [3.8, 4) is 22.5 Å². The zero-order valence-corrected chi connectivity index (χ0v) is 15.2. The van der Waals surface area contributed by atoms with Crippen LogP contribution >= 0.6 is 0 Å². The highest BCUT2D eigenvalue weighted by molar-refractivity contribution is 5.66. The van der Waals surface area contributed by atoms with Crippen molar-refractivity contribution in [2.24, 2.45) is 0 Å². The third-order valence-electron chi connectivity index (χ3n) is 4.42. The van der Waals surface area contributed by atoms with Crippen LogP contribution < -0.4 is 5.32 Å². The molecule has 0 aliphatic carbocycles. The van der Waals surface area contributed by atoms with Gasteiger partial charge in [0.2, 0.25) is 0 Å². The van der Waals surface area contributed by atoms with Gasteiger partial charge in [0.1, 0.15) is 5.82 Å². The molecular formula is C22H17F3N4. The first-order valence-electron chi connectivity index (χ1n) is 8.98. The second-order valence-corrected chi connectivity index (χ2v) is 6.44. The molecule has 0 atom stereocenters. The minimum absolute atomic E-state index is 0.0507. The van der Waals surface area contributed by atoms with Crippen LogP contribution in [0.25, 0.3) is 22.5 Å². The van der Waals surface area contributed by atoms with E-state index < -0.39 is 11.7 Å². The van der Waals surface area contributed by atoms with Crippen LogP contribution in [0.3, 0.4) is 0 Å². The second kappa shape index (κ2) is 7.79. The van der Waals surface area contributed by atoms with Crippen LogP contribution in [0.2, 0.25) is 0 Å². The van der Waals surface area contributed by atoms with E-state index in [-0.39, 0.29) is 11.3 Å². The monoisotopic (exact) mass is 394 g/mol. The molecule has 0 amide bonds. The van der Waals surface area contributed by atoms with E-state index in [0.717, 1.165) is 23.0 Å². The van der Waals surface area contributed by atoms with Crippen molar-refractivity contribution in [1.82, 2.24) is 15.2 Å². The summed E-state index contributed by atoms with van der Waals surface area (Å²) in [5.41, 5.74) is 2.29. The highest BCUT2D eigenvalue weighted by Crippen LogP contribution is 2.36. The number of benzene rings is 2. The first-order chi connectivity index (χ1) is 14.0. The number of nitrogens with one attached hydrogen (secondary N) is 2. The highest BCUT2D eigenvalue weighted by atomic mass is 19.4. The fraction of sp³-hybridized carbons (Fsp3) is 0.0909. The number of hydrogen-bond donors (Lipinski definition) is 2. The summed E-state index contributed by atoms with van der Waals surface area (Å²) in [6.07, 6.45) is -4.44. The number of H-pyrrole nitrogens is 1. The molecule has 0 fully saturated rings. The Hall–Kier alpha value is -3.61. The van der Waals surface area contributed by atoms with E-state index in [4.69, 9.17) is 0 Å². The number of halogens is 3. The first-order valence-corrected chi connectivity index (χ1v) is 8.98. The Morgan fingerprint density at radius 1 is 0.862 bits per heavy atom. The topological polar surface area (TPSA) is 53.6 Å². The molecule has 7 heteroatoms. The predicted molar refractivity (Wildman–Crippen MR) is 106 cm³/mol. The van der Waals surface area contributed by atoms with E-state index in [0.29, 0.717) is 12.4 Å². The molecule has 0 saturated heterocycles. The van der Waals surface area contributed by atoms with E-state index in [9.17, 15) is 13.2 Å². The maximum absolute atomic E-state index is 13.3. The number of hydrogen-bond acceptors (Lipinski definition) is 3. The van der Waals surface area contributed by atoms with Gasteiger partial charge in [-0.3, -0.25) is 5.10 Å². The molecule has 0 spiro atoms. The fourth-order valence-corrected chi connectivity index (χ4v) is 3.04. The minimum atomic E-state index is -4.44. The summed E-state index contributed by atoms with van der Waals surface area (Å²) in [7, 11) is 0. The van der Waals surface area contributed by atoms with Gasteiger partial charge in [-0.2, -0.15) is 18.3 Å². The molecule has 146 valence electrons. The molecule has 4 rings (SSSR count). The molecule has 0 saturated carbocycles. The lowest BCUT2D eigenvalue weighted by molar-refractivity contribution is -0.137. The Kier molecular flexibility index (Phi) is 5.03. The molecule has 4 nitrogen and oxygen atoms in total. The standard InChI is InChI=1S/C22H17F3N4/c23-22(24,25)18-10-5-4-9-17(18)19-11-6-12-21(27-19)26-14-16-13-20(29-28-16)15-7-2-1-3-8-15/h1-13H,14H2,(H,26,27)(H,28,29). The number of anilines is 1.